The quantitative estimate of drug-likeness (QED) is 0.634. The van der Waals surface area contributed by atoms with E-state index in [2.05, 4.69) is 10.6 Å². The fraction of sp³-hybridized carbons (Fsp3) is 0.261. The van der Waals surface area contributed by atoms with Crippen molar-refractivity contribution in [3.63, 3.8) is 0 Å². The first-order chi connectivity index (χ1) is 14.8. The number of hydrogen-bond donors (Lipinski definition) is 2. The molecule has 1 aliphatic heterocycles. The van der Waals surface area contributed by atoms with Crippen molar-refractivity contribution in [2.45, 2.75) is 38.6 Å². The Bertz CT molecular complexity index is 1090. The van der Waals surface area contributed by atoms with Gasteiger partial charge >= 0.3 is 0 Å². The Balaban J connectivity index is 1.48. The van der Waals surface area contributed by atoms with E-state index in [1.54, 1.807) is 42.5 Å². The lowest BCUT2D eigenvalue weighted by Crippen LogP contribution is -2.32. The predicted octanol–water partition coefficient (Wildman–Crippen LogP) is 4.76. The standard InChI is InChI=1S/C23H21Cl2N3O3/c1-13-6-11-17(12-18(13)24)28-22(30)19(25)20(23(28)31)26-16-9-7-14(8-10-16)21(29)27-15-4-2-3-5-15/h6-12,15,26H,2-5H2,1H3,(H,27,29). The van der Waals surface area contributed by atoms with Crippen LogP contribution in [-0.4, -0.2) is 23.8 Å². The summed E-state index contributed by atoms with van der Waals surface area (Å²) in [5.41, 5.74) is 2.22. The number of halogens is 2. The Morgan fingerprint density at radius 2 is 1.68 bits per heavy atom. The van der Waals surface area contributed by atoms with E-state index in [0.29, 0.717) is 22.0 Å². The fourth-order valence-corrected chi connectivity index (χ4v) is 4.14. The summed E-state index contributed by atoms with van der Waals surface area (Å²) in [6.07, 6.45) is 4.30. The molecule has 4 rings (SSSR count). The van der Waals surface area contributed by atoms with Crippen molar-refractivity contribution in [2.75, 3.05) is 10.2 Å². The molecule has 2 aromatic rings. The number of anilines is 2. The van der Waals surface area contributed by atoms with Crippen molar-refractivity contribution in [3.05, 3.63) is 69.3 Å². The monoisotopic (exact) mass is 457 g/mol. The highest BCUT2D eigenvalue weighted by Gasteiger charge is 2.39. The molecule has 1 aliphatic carbocycles. The topological polar surface area (TPSA) is 78.5 Å². The Hall–Kier alpha value is -2.83. The van der Waals surface area contributed by atoms with Gasteiger partial charge in [0.1, 0.15) is 10.7 Å². The van der Waals surface area contributed by atoms with Crippen molar-refractivity contribution in [1.29, 1.82) is 0 Å². The lowest BCUT2D eigenvalue weighted by atomic mass is 10.1. The zero-order chi connectivity index (χ0) is 22.1. The third-order valence-electron chi connectivity index (χ3n) is 5.55. The summed E-state index contributed by atoms with van der Waals surface area (Å²) in [4.78, 5) is 38.9. The molecule has 0 atom stereocenters. The van der Waals surface area contributed by atoms with Crippen LogP contribution in [0.5, 0.6) is 0 Å². The molecule has 0 unspecified atom stereocenters. The molecule has 1 fully saturated rings. The smallest absolute Gasteiger partial charge is 0.283 e. The van der Waals surface area contributed by atoms with Gasteiger partial charge in [-0.3, -0.25) is 14.4 Å². The molecular formula is C23H21Cl2N3O3. The summed E-state index contributed by atoms with van der Waals surface area (Å²) in [6.45, 7) is 1.83. The number of nitrogens with zero attached hydrogens (tertiary/aromatic N) is 1. The SMILES string of the molecule is Cc1ccc(N2C(=O)C(Cl)=C(Nc3ccc(C(=O)NC4CCCC4)cc3)C2=O)cc1Cl. The number of amides is 3. The van der Waals surface area contributed by atoms with Crippen LogP contribution in [0.3, 0.4) is 0 Å². The highest BCUT2D eigenvalue weighted by molar-refractivity contribution is 6.53. The van der Waals surface area contributed by atoms with Crippen LogP contribution in [0.2, 0.25) is 5.02 Å². The van der Waals surface area contributed by atoms with E-state index >= 15 is 0 Å². The van der Waals surface area contributed by atoms with E-state index in [9.17, 15) is 14.4 Å². The zero-order valence-corrected chi connectivity index (χ0v) is 18.4. The second-order valence-electron chi connectivity index (χ2n) is 7.73. The number of aryl methyl sites for hydroxylation is 1. The maximum Gasteiger partial charge on any atom is 0.283 e. The minimum atomic E-state index is -0.623. The van der Waals surface area contributed by atoms with Crippen LogP contribution in [0.1, 0.15) is 41.6 Å². The molecule has 31 heavy (non-hydrogen) atoms. The lowest BCUT2D eigenvalue weighted by Gasteiger charge is -2.16. The first-order valence-corrected chi connectivity index (χ1v) is 10.8. The number of nitrogens with one attached hydrogen (secondary N) is 2. The summed E-state index contributed by atoms with van der Waals surface area (Å²) < 4.78 is 0. The van der Waals surface area contributed by atoms with E-state index in [-0.39, 0.29) is 22.7 Å². The average molecular weight is 458 g/mol. The third kappa shape index (κ3) is 4.31. The van der Waals surface area contributed by atoms with Gasteiger partial charge in [-0.15, -0.1) is 0 Å². The summed E-state index contributed by atoms with van der Waals surface area (Å²) in [5, 5.41) is 6.18. The van der Waals surface area contributed by atoms with Gasteiger partial charge in [0, 0.05) is 22.3 Å². The third-order valence-corrected chi connectivity index (χ3v) is 6.31. The van der Waals surface area contributed by atoms with E-state index in [1.807, 2.05) is 6.92 Å². The molecule has 8 heteroatoms. The Kier molecular flexibility index (Phi) is 6.03. The number of benzene rings is 2. The van der Waals surface area contributed by atoms with Gasteiger partial charge in [-0.05, 0) is 61.7 Å². The van der Waals surface area contributed by atoms with Crippen molar-refractivity contribution >= 4 is 52.3 Å². The van der Waals surface area contributed by atoms with Crippen LogP contribution in [0.4, 0.5) is 11.4 Å². The van der Waals surface area contributed by atoms with Crippen molar-refractivity contribution in [2.24, 2.45) is 0 Å². The summed E-state index contributed by atoms with van der Waals surface area (Å²) >= 11 is 12.3. The molecule has 0 bridgehead atoms. The molecule has 160 valence electrons. The normalized spacial score (nSPS) is 16.9. The van der Waals surface area contributed by atoms with Crippen molar-refractivity contribution in [3.8, 4) is 0 Å². The molecule has 3 amide bonds. The van der Waals surface area contributed by atoms with E-state index in [1.165, 1.54) is 0 Å². The number of hydrogen-bond acceptors (Lipinski definition) is 4. The largest absolute Gasteiger partial charge is 0.350 e. The van der Waals surface area contributed by atoms with Crippen LogP contribution in [-0.2, 0) is 9.59 Å². The van der Waals surface area contributed by atoms with E-state index in [4.69, 9.17) is 23.2 Å². The minimum absolute atomic E-state index is 0.0217. The zero-order valence-electron chi connectivity index (χ0n) is 16.9. The number of carbonyl (C=O) groups excluding carboxylic acids is 3. The molecule has 1 saturated carbocycles. The number of imide groups is 1. The molecule has 0 aromatic heterocycles. The Morgan fingerprint density at radius 3 is 2.32 bits per heavy atom. The van der Waals surface area contributed by atoms with Gasteiger partial charge in [0.05, 0.1) is 5.69 Å². The fourth-order valence-electron chi connectivity index (χ4n) is 3.75. The highest BCUT2D eigenvalue weighted by atomic mass is 35.5. The molecule has 0 saturated heterocycles. The number of carbonyl (C=O) groups is 3. The summed E-state index contributed by atoms with van der Waals surface area (Å²) in [7, 11) is 0. The van der Waals surface area contributed by atoms with E-state index in [0.717, 1.165) is 36.1 Å². The Labute approximate surface area is 190 Å². The van der Waals surface area contributed by atoms with Crippen LogP contribution >= 0.6 is 23.2 Å². The lowest BCUT2D eigenvalue weighted by molar-refractivity contribution is -0.120. The van der Waals surface area contributed by atoms with Crippen molar-refractivity contribution < 1.29 is 14.4 Å². The van der Waals surface area contributed by atoms with Gasteiger partial charge in [0.25, 0.3) is 17.7 Å². The Morgan fingerprint density at radius 1 is 1.00 bits per heavy atom. The first kappa shape index (κ1) is 21.4. The maximum absolute atomic E-state index is 12.9. The second kappa shape index (κ2) is 8.73. The number of rotatable bonds is 5. The van der Waals surface area contributed by atoms with Gasteiger partial charge < -0.3 is 10.6 Å². The molecular weight excluding hydrogens is 437 g/mol. The first-order valence-electron chi connectivity index (χ1n) is 10.1. The molecule has 2 N–H and O–H groups in total. The second-order valence-corrected chi connectivity index (χ2v) is 8.51. The molecule has 2 aromatic carbocycles. The minimum Gasteiger partial charge on any atom is -0.350 e. The highest BCUT2D eigenvalue weighted by Crippen LogP contribution is 2.32. The molecule has 0 radical (unpaired) electrons. The van der Waals surface area contributed by atoms with Crippen LogP contribution in [0.15, 0.2) is 53.2 Å². The predicted molar refractivity (Wildman–Crippen MR) is 121 cm³/mol. The van der Waals surface area contributed by atoms with Gasteiger partial charge in [-0.2, -0.15) is 0 Å². The molecule has 0 spiro atoms. The molecule has 2 aliphatic rings. The van der Waals surface area contributed by atoms with Gasteiger partial charge in [-0.1, -0.05) is 42.1 Å². The maximum atomic E-state index is 12.9. The average Bonchev–Trinajstić information content (AvgIpc) is 3.33. The van der Waals surface area contributed by atoms with Crippen LogP contribution in [0, 0.1) is 6.92 Å². The van der Waals surface area contributed by atoms with Crippen LogP contribution < -0.4 is 15.5 Å². The molecule has 1 heterocycles. The van der Waals surface area contributed by atoms with Gasteiger partial charge in [0.2, 0.25) is 0 Å². The molecule has 6 nitrogen and oxygen atoms in total. The van der Waals surface area contributed by atoms with Gasteiger partial charge in [0.15, 0.2) is 0 Å². The summed E-state index contributed by atoms with van der Waals surface area (Å²) in [5.74, 6) is -1.31. The van der Waals surface area contributed by atoms with Gasteiger partial charge in [-0.25, -0.2) is 4.90 Å². The van der Waals surface area contributed by atoms with Crippen LogP contribution in [0.25, 0.3) is 0 Å². The van der Waals surface area contributed by atoms with Crippen molar-refractivity contribution in [1.82, 2.24) is 5.32 Å². The van der Waals surface area contributed by atoms with E-state index < -0.39 is 11.8 Å². The summed E-state index contributed by atoms with van der Waals surface area (Å²) in [6, 6.07) is 11.8.